The molecule has 2 N–H and O–H groups in total. The van der Waals surface area contributed by atoms with E-state index >= 15 is 0 Å². The van der Waals surface area contributed by atoms with Crippen molar-refractivity contribution in [2.75, 3.05) is 26.2 Å². The van der Waals surface area contributed by atoms with Gasteiger partial charge in [0.1, 0.15) is 0 Å². The van der Waals surface area contributed by atoms with Crippen LogP contribution in [0.3, 0.4) is 0 Å². The van der Waals surface area contributed by atoms with Gasteiger partial charge < -0.3 is 15.3 Å². The van der Waals surface area contributed by atoms with Crippen LogP contribution in [0.2, 0.25) is 0 Å². The van der Waals surface area contributed by atoms with Crippen molar-refractivity contribution in [2.45, 2.75) is 59.5 Å². The maximum atomic E-state index is 10.3. The Morgan fingerprint density at radius 1 is 1.32 bits per heavy atom. The third kappa shape index (κ3) is 4.68. The van der Waals surface area contributed by atoms with Gasteiger partial charge in [0, 0.05) is 19.6 Å². The average Bonchev–Trinajstić information content (AvgIpc) is 2.74. The lowest BCUT2D eigenvalue weighted by Gasteiger charge is -2.27. The number of nitrogens with zero attached hydrogens (tertiary/aromatic N) is 2. The number of aliphatic hydroxyl groups is 1. The van der Waals surface area contributed by atoms with Crippen molar-refractivity contribution in [2.24, 2.45) is 10.4 Å². The maximum Gasteiger partial charge on any atom is 0.194 e. The first-order valence-corrected chi connectivity index (χ1v) is 7.61. The van der Waals surface area contributed by atoms with Gasteiger partial charge in [0.15, 0.2) is 5.96 Å². The Morgan fingerprint density at radius 3 is 2.37 bits per heavy atom. The summed E-state index contributed by atoms with van der Waals surface area (Å²) in [5, 5.41) is 13.7. The first-order valence-electron chi connectivity index (χ1n) is 7.61. The van der Waals surface area contributed by atoms with Crippen LogP contribution in [0, 0.1) is 5.41 Å². The molecule has 0 aromatic rings. The summed E-state index contributed by atoms with van der Waals surface area (Å²) < 4.78 is 0. The third-order valence-corrected chi connectivity index (χ3v) is 4.15. The molecule has 0 aromatic heterocycles. The molecule has 0 saturated carbocycles. The first-order chi connectivity index (χ1) is 8.86. The largest absolute Gasteiger partial charge is 0.388 e. The molecular formula is C15H31N3O. The van der Waals surface area contributed by atoms with E-state index < -0.39 is 5.60 Å². The highest BCUT2D eigenvalue weighted by Gasteiger charge is 2.31. The normalized spacial score (nSPS) is 19.9. The Bertz CT molecular complexity index is 309. The zero-order valence-corrected chi connectivity index (χ0v) is 13.3. The lowest BCUT2D eigenvalue weighted by molar-refractivity contribution is 0.0416. The lowest BCUT2D eigenvalue weighted by atomic mass is 9.93. The quantitative estimate of drug-likeness (QED) is 0.594. The number of guanidine groups is 1. The van der Waals surface area contributed by atoms with E-state index in [2.05, 4.69) is 36.0 Å². The minimum atomic E-state index is -0.657. The van der Waals surface area contributed by atoms with Crippen molar-refractivity contribution in [1.82, 2.24) is 10.2 Å². The molecule has 0 spiro atoms. The lowest BCUT2D eigenvalue weighted by Crippen LogP contribution is -2.42. The SMILES string of the molecule is CCNC(=NCC(O)(CC)CC)N1CCC(C)(C)C1. The molecule has 1 saturated heterocycles. The van der Waals surface area contributed by atoms with Gasteiger partial charge in [-0.25, -0.2) is 0 Å². The highest BCUT2D eigenvalue weighted by Crippen LogP contribution is 2.28. The van der Waals surface area contributed by atoms with Gasteiger partial charge in [0.2, 0.25) is 0 Å². The van der Waals surface area contributed by atoms with Crippen molar-refractivity contribution in [3.8, 4) is 0 Å². The van der Waals surface area contributed by atoms with E-state index in [4.69, 9.17) is 0 Å². The number of nitrogens with one attached hydrogen (secondary N) is 1. The fraction of sp³-hybridized carbons (Fsp3) is 0.933. The van der Waals surface area contributed by atoms with Crippen molar-refractivity contribution in [3.05, 3.63) is 0 Å². The monoisotopic (exact) mass is 269 g/mol. The molecule has 1 heterocycles. The van der Waals surface area contributed by atoms with E-state index in [1.807, 2.05) is 13.8 Å². The predicted octanol–water partition coefficient (Wildman–Crippen LogP) is 2.23. The number of rotatable bonds is 5. The van der Waals surface area contributed by atoms with Crippen LogP contribution < -0.4 is 5.32 Å². The Kier molecular flexibility index (Phi) is 5.65. The van der Waals surface area contributed by atoms with Gasteiger partial charge in [-0.1, -0.05) is 27.7 Å². The molecule has 0 unspecified atom stereocenters. The third-order valence-electron chi connectivity index (χ3n) is 4.15. The van der Waals surface area contributed by atoms with Crippen LogP contribution in [0.25, 0.3) is 0 Å². The summed E-state index contributed by atoms with van der Waals surface area (Å²) in [6.45, 7) is 14.2. The Morgan fingerprint density at radius 2 is 1.95 bits per heavy atom. The molecule has 4 heteroatoms. The van der Waals surface area contributed by atoms with E-state index in [0.717, 1.165) is 38.4 Å². The minimum absolute atomic E-state index is 0.363. The fourth-order valence-electron chi connectivity index (χ4n) is 2.41. The number of hydrogen-bond donors (Lipinski definition) is 2. The molecule has 0 atom stereocenters. The van der Waals surface area contributed by atoms with Crippen molar-refractivity contribution >= 4 is 5.96 Å². The van der Waals surface area contributed by atoms with Crippen LogP contribution in [-0.2, 0) is 0 Å². The van der Waals surface area contributed by atoms with Crippen LogP contribution >= 0.6 is 0 Å². The van der Waals surface area contributed by atoms with Crippen LogP contribution in [0.15, 0.2) is 4.99 Å². The standard InChI is InChI=1S/C15H31N3O/c1-6-15(19,7-2)11-17-13(16-8-3)18-10-9-14(4,5)12-18/h19H,6-12H2,1-5H3,(H,16,17). The highest BCUT2D eigenvalue weighted by molar-refractivity contribution is 5.80. The summed E-state index contributed by atoms with van der Waals surface area (Å²) in [5.41, 5.74) is -0.294. The second kappa shape index (κ2) is 6.60. The van der Waals surface area contributed by atoms with E-state index in [1.54, 1.807) is 0 Å². The molecular weight excluding hydrogens is 238 g/mol. The van der Waals surface area contributed by atoms with E-state index in [0.29, 0.717) is 12.0 Å². The Labute approximate surface area is 118 Å². The van der Waals surface area contributed by atoms with Gasteiger partial charge in [-0.3, -0.25) is 4.99 Å². The molecule has 0 radical (unpaired) electrons. The molecule has 0 aliphatic carbocycles. The van der Waals surface area contributed by atoms with Gasteiger partial charge in [-0.15, -0.1) is 0 Å². The number of likely N-dealkylation sites (tertiary alicyclic amines) is 1. The first kappa shape index (κ1) is 16.3. The van der Waals surface area contributed by atoms with Gasteiger partial charge in [0.05, 0.1) is 12.1 Å². The number of hydrogen-bond acceptors (Lipinski definition) is 2. The Balaban J connectivity index is 2.72. The van der Waals surface area contributed by atoms with Gasteiger partial charge in [-0.2, -0.15) is 0 Å². The summed E-state index contributed by atoms with van der Waals surface area (Å²) >= 11 is 0. The smallest absolute Gasteiger partial charge is 0.194 e. The molecule has 1 aliphatic rings. The molecule has 112 valence electrons. The molecule has 1 rings (SSSR count). The molecule has 0 amide bonds. The van der Waals surface area contributed by atoms with Crippen molar-refractivity contribution in [3.63, 3.8) is 0 Å². The molecule has 4 nitrogen and oxygen atoms in total. The van der Waals surface area contributed by atoms with Crippen LogP contribution in [0.1, 0.15) is 53.9 Å². The number of aliphatic imine (C=N–C) groups is 1. The summed E-state index contributed by atoms with van der Waals surface area (Å²) in [4.78, 5) is 6.97. The molecule has 1 aliphatic heterocycles. The van der Waals surface area contributed by atoms with Crippen LogP contribution in [0.5, 0.6) is 0 Å². The topological polar surface area (TPSA) is 47.9 Å². The predicted molar refractivity (Wildman–Crippen MR) is 81.5 cm³/mol. The van der Waals surface area contributed by atoms with Crippen molar-refractivity contribution in [1.29, 1.82) is 0 Å². The van der Waals surface area contributed by atoms with E-state index in [-0.39, 0.29) is 0 Å². The molecule has 1 fully saturated rings. The summed E-state index contributed by atoms with van der Waals surface area (Å²) in [6.07, 6.45) is 2.69. The second-order valence-electron chi connectivity index (χ2n) is 6.44. The van der Waals surface area contributed by atoms with Gasteiger partial charge >= 0.3 is 0 Å². The van der Waals surface area contributed by atoms with E-state index in [9.17, 15) is 5.11 Å². The Hall–Kier alpha value is -0.770. The summed E-state index contributed by atoms with van der Waals surface area (Å²) in [6, 6.07) is 0. The van der Waals surface area contributed by atoms with E-state index in [1.165, 1.54) is 6.42 Å². The fourth-order valence-corrected chi connectivity index (χ4v) is 2.41. The summed E-state index contributed by atoms with van der Waals surface area (Å²) in [5.74, 6) is 0.952. The van der Waals surface area contributed by atoms with Crippen LogP contribution in [0.4, 0.5) is 0 Å². The average molecular weight is 269 g/mol. The highest BCUT2D eigenvalue weighted by atomic mass is 16.3. The summed E-state index contributed by atoms with van der Waals surface area (Å²) in [7, 11) is 0. The minimum Gasteiger partial charge on any atom is -0.388 e. The zero-order valence-electron chi connectivity index (χ0n) is 13.3. The molecule has 0 aromatic carbocycles. The van der Waals surface area contributed by atoms with Crippen molar-refractivity contribution < 1.29 is 5.11 Å². The zero-order chi connectivity index (χ0) is 14.5. The molecule has 0 bridgehead atoms. The van der Waals surface area contributed by atoms with Gasteiger partial charge in [-0.05, 0) is 31.6 Å². The van der Waals surface area contributed by atoms with Gasteiger partial charge in [0.25, 0.3) is 0 Å². The second-order valence-corrected chi connectivity index (χ2v) is 6.44. The van der Waals surface area contributed by atoms with Crippen LogP contribution in [-0.4, -0.2) is 47.7 Å². The maximum absolute atomic E-state index is 10.3. The molecule has 19 heavy (non-hydrogen) atoms.